The van der Waals surface area contributed by atoms with Crippen molar-refractivity contribution < 1.29 is 14.3 Å². The average Bonchev–Trinajstić information content (AvgIpc) is 2.74. The maximum atomic E-state index is 11.7. The van der Waals surface area contributed by atoms with Gasteiger partial charge in [-0.05, 0) is 38.3 Å². The third-order valence-electron chi connectivity index (χ3n) is 4.98. The van der Waals surface area contributed by atoms with Gasteiger partial charge < -0.3 is 14.8 Å². The monoisotopic (exact) mass is 428 g/mol. The summed E-state index contributed by atoms with van der Waals surface area (Å²) in [5.74, 6) is 0.893. The van der Waals surface area contributed by atoms with Gasteiger partial charge in [0.25, 0.3) is 0 Å². The highest BCUT2D eigenvalue weighted by molar-refractivity contribution is 5.79. The maximum absolute atomic E-state index is 11.7. The molecule has 7 nitrogen and oxygen atoms in total. The quantitative estimate of drug-likeness (QED) is 0.524. The molecule has 31 heavy (non-hydrogen) atoms. The molecular formula is C24H36N4O3. The molecule has 0 fully saturated rings. The molecule has 1 aromatic carbocycles. The van der Waals surface area contributed by atoms with Crippen molar-refractivity contribution in [3.63, 3.8) is 0 Å². The molecular weight excluding hydrogens is 392 g/mol. The van der Waals surface area contributed by atoms with Gasteiger partial charge in [-0.15, -0.1) is 0 Å². The van der Waals surface area contributed by atoms with Crippen LogP contribution < -0.4 is 15.5 Å². The molecule has 0 atom stereocenters. The Kier molecular flexibility index (Phi) is 9.72. The topological polar surface area (TPSA) is 77.7 Å². The second-order valence-corrected chi connectivity index (χ2v) is 7.92. The van der Waals surface area contributed by atoms with E-state index in [1.54, 1.807) is 14.2 Å². The SMILES string of the molecule is C=C(C)n1c(=NC)c(CCCCCNC(=O)C(C)C)nc2cc(OCCOC)ccc21. The van der Waals surface area contributed by atoms with Crippen LogP contribution in [0.3, 0.4) is 0 Å². The van der Waals surface area contributed by atoms with Crippen molar-refractivity contribution in [2.45, 2.75) is 46.5 Å². The number of carbonyl (C=O) groups is 1. The fourth-order valence-corrected chi connectivity index (χ4v) is 3.35. The number of aromatic nitrogens is 2. The number of allylic oxidation sites excluding steroid dienone is 1. The van der Waals surface area contributed by atoms with Crippen LogP contribution in [0.5, 0.6) is 5.75 Å². The maximum Gasteiger partial charge on any atom is 0.222 e. The van der Waals surface area contributed by atoms with Gasteiger partial charge in [-0.2, -0.15) is 0 Å². The largest absolute Gasteiger partial charge is 0.491 e. The smallest absolute Gasteiger partial charge is 0.222 e. The van der Waals surface area contributed by atoms with Crippen molar-refractivity contribution in [1.82, 2.24) is 14.9 Å². The van der Waals surface area contributed by atoms with Crippen molar-refractivity contribution in [3.05, 3.63) is 36.0 Å². The highest BCUT2D eigenvalue weighted by Gasteiger charge is 2.11. The molecule has 1 heterocycles. The summed E-state index contributed by atoms with van der Waals surface area (Å²) in [7, 11) is 3.44. The third-order valence-corrected chi connectivity index (χ3v) is 4.98. The average molecular weight is 429 g/mol. The van der Waals surface area contributed by atoms with Gasteiger partial charge in [0.1, 0.15) is 12.4 Å². The van der Waals surface area contributed by atoms with Crippen LogP contribution in [0.2, 0.25) is 0 Å². The summed E-state index contributed by atoms with van der Waals surface area (Å²) in [4.78, 5) is 21.1. The summed E-state index contributed by atoms with van der Waals surface area (Å²) < 4.78 is 12.9. The predicted molar refractivity (Wildman–Crippen MR) is 125 cm³/mol. The Morgan fingerprint density at radius 1 is 1.26 bits per heavy atom. The molecule has 7 heteroatoms. The number of aryl methyl sites for hydroxylation is 1. The lowest BCUT2D eigenvalue weighted by Crippen LogP contribution is -2.28. The zero-order valence-electron chi connectivity index (χ0n) is 19.5. The number of unbranched alkanes of at least 4 members (excludes halogenated alkanes) is 2. The molecule has 0 aliphatic heterocycles. The Balaban J connectivity index is 2.18. The molecule has 0 radical (unpaired) electrons. The van der Waals surface area contributed by atoms with E-state index in [0.29, 0.717) is 19.8 Å². The lowest BCUT2D eigenvalue weighted by molar-refractivity contribution is -0.123. The van der Waals surface area contributed by atoms with Crippen molar-refractivity contribution in [2.24, 2.45) is 10.9 Å². The predicted octanol–water partition coefficient (Wildman–Crippen LogP) is 3.57. The van der Waals surface area contributed by atoms with E-state index in [-0.39, 0.29) is 11.8 Å². The summed E-state index contributed by atoms with van der Waals surface area (Å²) in [6, 6.07) is 5.88. The number of benzene rings is 1. The number of nitrogens with zero attached hydrogens (tertiary/aromatic N) is 3. The van der Waals surface area contributed by atoms with Crippen LogP contribution in [0, 0.1) is 5.92 Å². The van der Waals surface area contributed by atoms with Crippen molar-refractivity contribution in [1.29, 1.82) is 0 Å². The molecule has 2 aromatic rings. The fourth-order valence-electron chi connectivity index (χ4n) is 3.35. The van der Waals surface area contributed by atoms with Gasteiger partial charge in [0.15, 0.2) is 5.49 Å². The van der Waals surface area contributed by atoms with Gasteiger partial charge in [0.05, 0.1) is 23.3 Å². The zero-order chi connectivity index (χ0) is 22.8. The first-order valence-corrected chi connectivity index (χ1v) is 10.9. The standard InChI is InChI=1S/C24H36N4O3/c1-17(2)24(29)26-13-9-7-8-10-20-23(25-5)28(18(3)4)22-12-11-19(16-21(22)27-20)31-15-14-30-6/h11-12,16-17H,3,7-10,13-15H2,1-2,4-6H3,(H,26,29). The minimum absolute atomic E-state index is 0.0245. The zero-order valence-corrected chi connectivity index (χ0v) is 19.5. The second-order valence-electron chi connectivity index (χ2n) is 7.92. The number of hydrogen-bond acceptors (Lipinski definition) is 5. The van der Waals surface area contributed by atoms with Crippen molar-refractivity contribution >= 4 is 22.6 Å². The van der Waals surface area contributed by atoms with Crippen LogP contribution in [0.4, 0.5) is 0 Å². The van der Waals surface area contributed by atoms with Crippen molar-refractivity contribution in [3.8, 4) is 5.75 Å². The second kappa shape index (κ2) is 12.2. The third kappa shape index (κ3) is 6.92. The van der Waals surface area contributed by atoms with Crippen LogP contribution in [0.1, 0.15) is 45.7 Å². The first-order valence-electron chi connectivity index (χ1n) is 10.9. The van der Waals surface area contributed by atoms with E-state index in [1.165, 1.54) is 0 Å². The molecule has 0 unspecified atom stereocenters. The van der Waals surface area contributed by atoms with E-state index in [0.717, 1.165) is 59.3 Å². The van der Waals surface area contributed by atoms with Crippen molar-refractivity contribution in [2.75, 3.05) is 33.9 Å². The summed E-state index contributed by atoms with van der Waals surface area (Å²) in [5.41, 5.74) is 4.47. The lowest BCUT2D eigenvalue weighted by Gasteiger charge is -2.15. The van der Waals surface area contributed by atoms with E-state index >= 15 is 0 Å². The van der Waals surface area contributed by atoms with E-state index in [4.69, 9.17) is 14.5 Å². The Morgan fingerprint density at radius 2 is 2.03 bits per heavy atom. The number of amides is 1. The Morgan fingerprint density at radius 3 is 2.68 bits per heavy atom. The normalized spacial score (nSPS) is 11.9. The van der Waals surface area contributed by atoms with Crippen LogP contribution in [0.15, 0.2) is 29.8 Å². The minimum Gasteiger partial charge on any atom is -0.491 e. The van der Waals surface area contributed by atoms with Gasteiger partial charge in [-0.25, -0.2) is 4.98 Å². The number of hydrogen-bond donors (Lipinski definition) is 1. The summed E-state index contributed by atoms with van der Waals surface area (Å²) in [6.45, 7) is 11.7. The van der Waals surface area contributed by atoms with E-state index in [1.807, 2.05) is 39.0 Å². The first-order chi connectivity index (χ1) is 14.9. The molecule has 0 saturated heterocycles. The van der Waals surface area contributed by atoms with Gasteiger partial charge in [-0.1, -0.05) is 26.8 Å². The fraction of sp³-hybridized carbons (Fsp3) is 0.542. The molecule has 0 bridgehead atoms. The van der Waals surface area contributed by atoms with Crippen LogP contribution in [-0.2, 0) is 16.0 Å². The van der Waals surface area contributed by atoms with Gasteiger partial charge in [0, 0.05) is 38.4 Å². The first kappa shape index (κ1) is 24.6. The highest BCUT2D eigenvalue weighted by Crippen LogP contribution is 2.21. The lowest BCUT2D eigenvalue weighted by atomic mass is 10.1. The minimum atomic E-state index is 0.0245. The Bertz CT molecular complexity index is 963. The molecule has 0 spiro atoms. The highest BCUT2D eigenvalue weighted by atomic mass is 16.5. The molecule has 1 aromatic heterocycles. The van der Waals surface area contributed by atoms with E-state index < -0.39 is 0 Å². The molecule has 1 N–H and O–H groups in total. The Hall–Kier alpha value is -2.67. The van der Waals surface area contributed by atoms with Crippen LogP contribution in [-0.4, -0.2) is 49.4 Å². The summed E-state index contributed by atoms with van der Waals surface area (Å²) >= 11 is 0. The number of rotatable bonds is 12. The number of carbonyl (C=O) groups excluding carboxylic acids is 1. The summed E-state index contributed by atoms with van der Waals surface area (Å²) in [6.07, 6.45) is 3.73. The number of nitrogens with one attached hydrogen (secondary N) is 1. The van der Waals surface area contributed by atoms with Gasteiger partial charge in [-0.3, -0.25) is 14.4 Å². The molecule has 0 saturated carbocycles. The molecule has 2 rings (SSSR count). The molecule has 170 valence electrons. The number of fused-ring (bicyclic) bond motifs is 1. The van der Waals surface area contributed by atoms with E-state index in [2.05, 4.69) is 21.5 Å². The van der Waals surface area contributed by atoms with Crippen LogP contribution >= 0.6 is 0 Å². The number of ether oxygens (including phenoxy) is 2. The van der Waals surface area contributed by atoms with Crippen LogP contribution in [0.25, 0.3) is 16.7 Å². The van der Waals surface area contributed by atoms with Gasteiger partial charge in [0.2, 0.25) is 5.91 Å². The molecule has 0 aliphatic rings. The Labute approximate surface area is 185 Å². The molecule has 1 amide bonds. The van der Waals surface area contributed by atoms with Gasteiger partial charge >= 0.3 is 0 Å². The summed E-state index contributed by atoms with van der Waals surface area (Å²) in [5, 5.41) is 2.97. The number of methoxy groups -OCH3 is 1. The molecule has 0 aliphatic carbocycles. The van der Waals surface area contributed by atoms with E-state index in [9.17, 15) is 4.79 Å².